The van der Waals surface area contributed by atoms with Crippen LogP contribution in [0.1, 0.15) is 6.92 Å². The van der Waals surface area contributed by atoms with Crippen LogP contribution in [0, 0.1) is 5.82 Å². The molecule has 2 aromatic rings. The number of hydrogen-bond donors (Lipinski definition) is 1. The Morgan fingerprint density at radius 2 is 1.71 bits per heavy atom. The number of primary amides is 1. The van der Waals surface area contributed by atoms with E-state index in [-0.39, 0.29) is 10.6 Å². The first kappa shape index (κ1) is 17.7. The second-order valence-electron chi connectivity index (χ2n) is 4.86. The lowest BCUT2D eigenvalue weighted by Gasteiger charge is -2.23. The van der Waals surface area contributed by atoms with Crippen LogP contribution in [0.3, 0.4) is 0 Å². The highest BCUT2D eigenvalue weighted by molar-refractivity contribution is 7.92. The number of sulfonamides is 1. The van der Waals surface area contributed by atoms with Gasteiger partial charge in [0.1, 0.15) is 18.1 Å². The molecule has 1 amide bonds. The summed E-state index contributed by atoms with van der Waals surface area (Å²) in [5, 5.41) is 0. The van der Waals surface area contributed by atoms with Gasteiger partial charge in [0.15, 0.2) is 0 Å². The van der Waals surface area contributed by atoms with Gasteiger partial charge in [0, 0.05) is 0 Å². The number of halogens is 1. The normalized spacial score (nSPS) is 11.1. The molecule has 2 aromatic carbocycles. The van der Waals surface area contributed by atoms with Crippen LogP contribution in [0.15, 0.2) is 53.4 Å². The van der Waals surface area contributed by atoms with Gasteiger partial charge in [-0.1, -0.05) is 0 Å². The molecule has 2 N–H and O–H groups in total. The van der Waals surface area contributed by atoms with Crippen LogP contribution in [-0.4, -0.2) is 27.5 Å². The largest absolute Gasteiger partial charge is 0.494 e. The summed E-state index contributed by atoms with van der Waals surface area (Å²) in [5.41, 5.74) is 5.30. The van der Waals surface area contributed by atoms with E-state index in [0.29, 0.717) is 12.4 Å². The predicted octanol–water partition coefficient (Wildman–Crippen LogP) is 1.90. The molecule has 2 rings (SSSR count). The number of hydrogen-bond acceptors (Lipinski definition) is 4. The highest BCUT2D eigenvalue weighted by atomic mass is 32.2. The van der Waals surface area contributed by atoms with Crippen LogP contribution in [0.5, 0.6) is 5.75 Å². The Labute approximate surface area is 139 Å². The molecule has 8 heteroatoms. The molecular formula is C16H17FN2O4S. The average molecular weight is 352 g/mol. The first-order chi connectivity index (χ1) is 11.3. The molecule has 0 bridgehead atoms. The lowest BCUT2D eigenvalue weighted by atomic mass is 10.3. The number of nitrogens with two attached hydrogens (primary N) is 1. The molecule has 0 aliphatic rings. The second kappa shape index (κ2) is 7.31. The summed E-state index contributed by atoms with van der Waals surface area (Å²) < 4.78 is 44.8. The van der Waals surface area contributed by atoms with Crippen LogP contribution in [0.25, 0.3) is 0 Å². The molecule has 6 nitrogen and oxygen atoms in total. The van der Waals surface area contributed by atoms with E-state index < -0.39 is 28.3 Å². The minimum atomic E-state index is -4.04. The predicted molar refractivity (Wildman–Crippen MR) is 87.7 cm³/mol. The topological polar surface area (TPSA) is 89.7 Å². The van der Waals surface area contributed by atoms with Crippen LogP contribution in [0.2, 0.25) is 0 Å². The lowest BCUT2D eigenvalue weighted by molar-refractivity contribution is -0.116. The number of nitrogens with zero attached hydrogens (tertiary/aromatic N) is 1. The standard InChI is InChI=1S/C16H17FN2O4S/c1-2-23-14-7-9-15(10-8-14)24(21,22)19(11-16(18)20)13-5-3-12(17)4-6-13/h3-10H,2,11H2,1H3,(H2,18,20). The van der Waals surface area contributed by atoms with Gasteiger partial charge in [-0.2, -0.15) is 0 Å². The third kappa shape index (κ3) is 4.02. The SMILES string of the molecule is CCOc1ccc(S(=O)(=O)N(CC(N)=O)c2ccc(F)cc2)cc1. The van der Waals surface area contributed by atoms with Crippen molar-refractivity contribution in [2.45, 2.75) is 11.8 Å². The fourth-order valence-electron chi connectivity index (χ4n) is 2.07. The van der Waals surface area contributed by atoms with Crippen molar-refractivity contribution in [3.05, 3.63) is 54.3 Å². The summed E-state index contributed by atoms with van der Waals surface area (Å²) in [4.78, 5) is 11.3. The summed E-state index contributed by atoms with van der Waals surface area (Å²) in [6.45, 7) is 1.71. The zero-order chi connectivity index (χ0) is 17.7. The molecule has 0 aliphatic heterocycles. The number of benzene rings is 2. The Morgan fingerprint density at radius 1 is 1.12 bits per heavy atom. The number of carbonyl (C=O) groups is 1. The quantitative estimate of drug-likeness (QED) is 0.824. The van der Waals surface area contributed by atoms with Gasteiger partial charge in [-0.05, 0) is 55.5 Å². The monoisotopic (exact) mass is 352 g/mol. The second-order valence-corrected chi connectivity index (χ2v) is 6.72. The van der Waals surface area contributed by atoms with Crippen molar-refractivity contribution in [2.75, 3.05) is 17.5 Å². The molecule has 0 aliphatic carbocycles. The van der Waals surface area contributed by atoms with Gasteiger partial charge in [-0.25, -0.2) is 12.8 Å². The summed E-state index contributed by atoms with van der Waals surface area (Å²) in [6.07, 6.45) is 0. The van der Waals surface area contributed by atoms with Crippen LogP contribution < -0.4 is 14.8 Å². The van der Waals surface area contributed by atoms with Gasteiger partial charge in [-0.3, -0.25) is 9.10 Å². The van der Waals surface area contributed by atoms with E-state index in [0.717, 1.165) is 16.4 Å². The molecule has 0 saturated carbocycles. The number of rotatable bonds is 7. The zero-order valence-corrected chi connectivity index (χ0v) is 13.8. The molecule has 0 spiro atoms. The first-order valence-corrected chi connectivity index (χ1v) is 8.58. The molecule has 24 heavy (non-hydrogen) atoms. The van der Waals surface area contributed by atoms with Gasteiger partial charge < -0.3 is 10.5 Å². The fourth-order valence-corrected chi connectivity index (χ4v) is 3.50. The van der Waals surface area contributed by atoms with Crippen molar-refractivity contribution in [3.8, 4) is 5.75 Å². The van der Waals surface area contributed by atoms with Gasteiger partial charge in [0.05, 0.1) is 17.2 Å². The maximum atomic E-state index is 13.1. The Morgan fingerprint density at radius 3 is 2.21 bits per heavy atom. The van der Waals surface area contributed by atoms with E-state index in [9.17, 15) is 17.6 Å². The van der Waals surface area contributed by atoms with Gasteiger partial charge in [0.2, 0.25) is 5.91 Å². The number of ether oxygens (including phenoxy) is 1. The summed E-state index contributed by atoms with van der Waals surface area (Å²) >= 11 is 0. The van der Waals surface area contributed by atoms with E-state index in [1.54, 1.807) is 0 Å². The van der Waals surface area contributed by atoms with E-state index in [2.05, 4.69) is 0 Å². The first-order valence-electron chi connectivity index (χ1n) is 7.14. The van der Waals surface area contributed by atoms with Crippen molar-refractivity contribution < 1.29 is 22.3 Å². The summed E-state index contributed by atoms with van der Waals surface area (Å²) in [6, 6.07) is 10.5. The Kier molecular flexibility index (Phi) is 5.40. The third-order valence-corrected chi connectivity index (χ3v) is 4.92. The molecule has 0 heterocycles. The van der Waals surface area contributed by atoms with Crippen molar-refractivity contribution in [2.24, 2.45) is 5.73 Å². The maximum Gasteiger partial charge on any atom is 0.264 e. The van der Waals surface area contributed by atoms with Gasteiger partial charge >= 0.3 is 0 Å². The van der Waals surface area contributed by atoms with Crippen LogP contribution in [-0.2, 0) is 14.8 Å². The van der Waals surface area contributed by atoms with Crippen molar-refractivity contribution >= 4 is 21.6 Å². The van der Waals surface area contributed by atoms with Crippen LogP contribution in [0.4, 0.5) is 10.1 Å². The zero-order valence-electron chi connectivity index (χ0n) is 13.0. The number of anilines is 1. The Balaban J connectivity index is 2.43. The average Bonchev–Trinajstić information content (AvgIpc) is 2.54. The van der Waals surface area contributed by atoms with Crippen molar-refractivity contribution in [1.29, 1.82) is 0 Å². The molecular weight excluding hydrogens is 335 g/mol. The highest BCUT2D eigenvalue weighted by Crippen LogP contribution is 2.25. The molecule has 0 radical (unpaired) electrons. The molecule has 0 aromatic heterocycles. The molecule has 0 saturated heterocycles. The molecule has 0 atom stereocenters. The van der Waals surface area contributed by atoms with Crippen molar-refractivity contribution in [1.82, 2.24) is 0 Å². The number of carbonyl (C=O) groups excluding carboxylic acids is 1. The smallest absolute Gasteiger partial charge is 0.264 e. The number of amides is 1. The minimum Gasteiger partial charge on any atom is -0.494 e. The van der Waals surface area contributed by atoms with Gasteiger partial charge in [0.25, 0.3) is 10.0 Å². The highest BCUT2D eigenvalue weighted by Gasteiger charge is 2.26. The minimum absolute atomic E-state index is 0.0310. The molecule has 0 fully saturated rings. The Bertz CT molecular complexity index is 805. The Hall–Kier alpha value is -2.61. The van der Waals surface area contributed by atoms with Gasteiger partial charge in [-0.15, -0.1) is 0 Å². The summed E-state index contributed by atoms with van der Waals surface area (Å²) in [7, 11) is -4.04. The van der Waals surface area contributed by atoms with Crippen molar-refractivity contribution in [3.63, 3.8) is 0 Å². The maximum absolute atomic E-state index is 13.1. The lowest BCUT2D eigenvalue weighted by Crippen LogP contribution is -2.38. The van der Waals surface area contributed by atoms with E-state index in [1.807, 2.05) is 6.92 Å². The van der Waals surface area contributed by atoms with E-state index in [1.165, 1.54) is 36.4 Å². The van der Waals surface area contributed by atoms with E-state index in [4.69, 9.17) is 10.5 Å². The van der Waals surface area contributed by atoms with E-state index >= 15 is 0 Å². The van der Waals surface area contributed by atoms with Crippen LogP contribution >= 0.6 is 0 Å². The summed E-state index contributed by atoms with van der Waals surface area (Å²) in [5.74, 6) is -0.815. The molecule has 128 valence electrons. The fraction of sp³-hybridized carbons (Fsp3) is 0.188. The third-order valence-electron chi connectivity index (χ3n) is 3.14. The molecule has 0 unspecified atom stereocenters.